The first-order chi connectivity index (χ1) is 15.7. The number of ether oxygens (including phenoxy) is 1. The second kappa shape index (κ2) is 7.53. The summed E-state index contributed by atoms with van der Waals surface area (Å²) < 4.78 is 7.78. The largest absolute Gasteiger partial charge is 0.497 e. The van der Waals surface area contributed by atoms with Crippen LogP contribution in [0.1, 0.15) is 28.7 Å². The van der Waals surface area contributed by atoms with Crippen LogP contribution >= 0.6 is 0 Å². The van der Waals surface area contributed by atoms with E-state index in [9.17, 15) is 0 Å². The molecule has 1 atom stereocenters. The standard InChI is InChI=1S/C27H26N4O/c1-30-24-13-6-5-12-23(24)28-25(30)17-31-15-14-21-20-10-3-4-11-22(20)29-26(21)27(31)18-8-7-9-19(16-18)32-2/h3-13,16,27,29H,14-15,17H2,1-2H3. The van der Waals surface area contributed by atoms with Gasteiger partial charge >= 0.3 is 0 Å². The van der Waals surface area contributed by atoms with E-state index < -0.39 is 0 Å². The molecule has 0 spiro atoms. The minimum atomic E-state index is 0.112. The highest BCUT2D eigenvalue weighted by atomic mass is 16.5. The smallest absolute Gasteiger partial charge is 0.123 e. The Morgan fingerprint density at radius 3 is 2.75 bits per heavy atom. The Morgan fingerprint density at radius 2 is 1.88 bits per heavy atom. The van der Waals surface area contributed by atoms with Crippen molar-refractivity contribution in [3.8, 4) is 5.75 Å². The van der Waals surface area contributed by atoms with Gasteiger partial charge in [0.15, 0.2) is 0 Å². The fraction of sp³-hybridized carbons (Fsp3) is 0.222. The minimum absolute atomic E-state index is 0.112. The van der Waals surface area contributed by atoms with Crippen molar-refractivity contribution < 1.29 is 4.74 Å². The summed E-state index contributed by atoms with van der Waals surface area (Å²) in [5.74, 6) is 1.96. The highest BCUT2D eigenvalue weighted by Gasteiger charge is 2.32. The zero-order chi connectivity index (χ0) is 21.7. The Bertz CT molecular complexity index is 1430. The number of rotatable bonds is 4. The van der Waals surface area contributed by atoms with Gasteiger partial charge in [0.25, 0.3) is 0 Å². The number of aromatic nitrogens is 3. The zero-order valence-corrected chi connectivity index (χ0v) is 18.4. The second-order valence-electron chi connectivity index (χ2n) is 8.54. The molecular weight excluding hydrogens is 396 g/mol. The molecule has 160 valence electrons. The number of hydrogen-bond acceptors (Lipinski definition) is 3. The lowest BCUT2D eigenvalue weighted by atomic mass is 9.92. The third kappa shape index (κ3) is 3.00. The molecule has 3 aromatic carbocycles. The highest BCUT2D eigenvalue weighted by molar-refractivity contribution is 5.85. The van der Waals surface area contributed by atoms with E-state index in [0.717, 1.165) is 36.6 Å². The van der Waals surface area contributed by atoms with Crippen LogP contribution < -0.4 is 4.74 Å². The molecule has 32 heavy (non-hydrogen) atoms. The summed E-state index contributed by atoms with van der Waals surface area (Å²) in [7, 11) is 3.84. The lowest BCUT2D eigenvalue weighted by molar-refractivity contribution is 0.195. The van der Waals surface area contributed by atoms with E-state index in [0.29, 0.717) is 0 Å². The van der Waals surface area contributed by atoms with Crippen LogP contribution in [0.25, 0.3) is 21.9 Å². The Morgan fingerprint density at radius 1 is 1.03 bits per heavy atom. The fourth-order valence-electron chi connectivity index (χ4n) is 5.17. The van der Waals surface area contributed by atoms with Crippen LogP contribution in [-0.4, -0.2) is 33.1 Å². The number of fused-ring (bicyclic) bond motifs is 4. The van der Waals surface area contributed by atoms with Gasteiger partial charge in [0.1, 0.15) is 11.6 Å². The summed E-state index contributed by atoms with van der Waals surface area (Å²) in [6.07, 6.45) is 1.02. The summed E-state index contributed by atoms with van der Waals surface area (Å²) in [5, 5.41) is 1.33. The molecule has 1 unspecified atom stereocenters. The number of aromatic amines is 1. The first-order valence-corrected chi connectivity index (χ1v) is 11.1. The molecule has 0 amide bonds. The Labute approximate surface area is 187 Å². The molecule has 5 nitrogen and oxygen atoms in total. The Balaban J connectivity index is 1.48. The molecule has 5 aromatic rings. The number of benzene rings is 3. The number of nitrogens with zero attached hydrogens (tertiary/aromatic N) is 3. The summed E-state index contributed by atoms with van der Waals surface area (Å²) in [4.78, 5) is 11.2. The average molecular weight is 423 g/mol. The number of hydrogen-bond donors (Lipinski definition) is 1. The van der Waals surface area contributed by atoms with Gasteiger partial charge in [-0.15, -0.1) is 0 Å². The second-order valence-corrected chi connectivity index (χ2v) is 8.54. The number of nitrogens with one attached hydrogen (secondary N) is 1. The molecule has 0 aliphatic carbocycles. The molecule has 0 saturated heterocycles. The lowest BCUT2D eigenvalue weighted by Gasteiger charge is -2.36. The third-order valence-electron chi connectivity index (χ3n) is 6.77. The summed E-state index contributed by atoms with van der Waals surface area (Å²) in [6.45, 7) is 1.75. The number of para-hydroxylation sites is 3. The monoisotopic (exact) mass is 422 g/mol. The van der Waals surface area contributed by atoms with Crippen LogP contribution in [0.2, 0.25) is 0 Å². The molecule has 0 bridgehead atoms. The van der Waals surface area contributed by atoms with Gasteiger partial charge in [-0.1, -0.05) is 42.5 Å². The van der Waals surface area contributed by atoms with Gasteiger partial charge in [-0.3, -0.25) is 4.90 Å². The Hall–Kier alpha value is -3.57. The van der Waals surface area contributed by atoms with Crippen LogP contribution in [0.15, 0.2) is 72.8 Å². The fourth-order valence-corrected chi connectivity index (χ4v) is 5.17. The van der Waals surface area contributed by atoms with Crippen LogP contribution in [0.5, 0.6) is 5.75 Å². The first-order valence-electron chi connectivity index (χ1n) is 11.1. The molecule has 0 saturated carbocycles. The topological polar surface area (TPSA) is 46.1 Å². The first kappa shape index (κ1) is 19.1. The molecule has 2 aromatic heterocycles. The number of H-pyrrole nitrogens is 1. The molecule has 1 aliphatic heterocycles. The Kier molecular flexibility index (Phi) is 4.51. The van der Waals surface area contributed by atoms with E-state index in [1.807, 2.05) is 6.07 Å². The van der Waals surface area contributed by atoms with Gasteiger partial charge in [-0.25, -0.2) is 4.98 Å². The number of aryl methyl sites for hydroxylation is 1. The molecule has 1 N–H and O–H groups in total. The maximum Gasteiger partial charge on any atom is 0.123 e. The van der Waals surface area contributed by atoms with E-state index in [1.165, 1.54) is 33.2 Å². The van der Waals surface area contributed by atoms with Crippen molar-refractivity contribution in [3.63, 3.8) is 0 Å². The van der Waals surface area contributed by atoms with Gasteiger partial charge in [0.2, 0.25) is 0 Å². The maximum atomic E-state index is 5.56. The highest BCUT2D eigenvalue weighted by Crippen LogP contribution is 2.39. The molecule has 3 heterocycles. The zero-order valence-electron chi connectivity index (χ0n) is 18.4. The normalized spacial score (nSPS) is 16.5. The molecule has 1 aliphatic rings. The van der Waals surface area contributed by atoms with Crippen LogP contribution in [0, 0.1) is 0 Å². The molecule has 0 radical (unpaired) electrons. The van der Waals surface area contributed by atoms with E-state index in [2.05, 4.69) is 88.2 Å². The van der Waals surface area contributed by atoms with Crippen LogP contribution in [0.3, 0.4) is 0 Å². The van der Waals surface area contributed by atoms with E-state index >= 15 is 0 Å². The van der Waals surface area contributed by atoms with Crippen molar-refractivity contribution in [2.24, 2.45) is 7.05 Å². The SMILES string of the molecule is COc1cccc(C2c3[nH]c4ccccc4c3CCN2Cc2nc3ccccc3n2C)c1. The van der Waals surface area contributed by atoms with Crippen molar-refractivity contribution in [2.45, 2.75) is 19.0 Å². The van der Waals surface area contributed by atoms with Gasteiger partial charge in [0.05, 0.1) is 30.7 Å². The maximum absolute atomic E-state index is 5.56. The molecule has 0 fully saturated rings. The number of imidazole rings is 1. The van der Waals surface area contributed by atoms with Crippen molar-refractivity contribution in [1.29, 1.82) is 0 Å². The quantitative estimate of drug-likeness (QED) is 0.432. The van der Waals surface area contributed by atoms with Gasteiger partial charge in [-0.2, -0.15) is 0 Å². The predicted molar refractivity (Wildman–Crippen MR) is 128 cm³/mol. The predicted octanol–water partition coefficient (Wildman–Crippen LogP) is 5.21. The molecule has 6 rings (SSSR count). The lowest BCUT2D eigenvalue weighted by Crippen LogP contribution is -2.36. The van der Waals surface area contributed by atoms with E-state index in [4.69, 9.17) is 9.72 Å². The molecular formula is C27H26N4O. The van der Waals surface area contributed by atoms with Crippen molar-refractivity contribution in [3.05, 3.63) is 95.4 Å². The van der Waals surface area contributed by atoms with Gasteiger partial charge in [0, 0.05) is 30.2 Å². The van der Waals surface area contributed by atoms with Crippen LogP contribution in [0.4, 0.5) is 0 Å². The van der Waals surface area contributed by atoms with E-state index in [1.54, 1.807) is 7.11 Å². The van der Waals surface area contributed by atoms with Crippen molar-refractivity contribution in [1.82, 2.24) is 19.4 Å². The van der Waals surface area contributed by atoms with Crippen molar-refractivity contribution in [2.75, 3.05) is 13.7 Å². The molecule has 5 heteroatoms. The van der Waals surface area contributed by atoms with E-state index in [-0.39, 0.29) is 6.04 Å². The summed E-state index contributed by atoms with van der Waals surface area (Å²) in [5.41, 5.74) is 7.36. The number of methoxy groups -OCH3 is 1. The van der Waals surface area contributed by atoms with Gasteiger partial charge in [-0.05, 0) is 47.9 Å². The van der Waals surface area contributed by atoms with Crippen LogP contribution in [-0.2, 0) is 20.0 Å². The van der Waals surface area contributed by atoms with Crippen molar-refractivity contribution >= 4 is 21.9 Å². The summed E-state index contributed by atoms with van der Waals surface area (Å²) >= 11 is 0. The summed E-state index contributed by atoms with van der Waals surface area (Å²) in [6, 6.07) is 25.5. The average Bonchev–Trinajstić information content (AvgIpc) is 3.36. The minimum Gasteiger partial charge on any atom is -0.497 e. The van der Waals surface area contributed by atoms with Gasteiger partial charge < -0.3 is 14.3 Å². The third-order valence-corrected chi connectivity index (χ3v) is 6.77.